The molecule has 0 aliphatic carbocycles. The summed E-state index contributed by atoms with van der Waals surface area (Å²) in [6.45, 7) is 4.06. The van der Waals surface area contributed by atoms with Gasteiger partial charge in [-0.3, -0.25) is 9.78 Å². The topological polar surface area (TPSA) is 86.7 Å². The molecule has 3 aromatic rings. The number of rotatable bonds is 4. The highest BCUT2D eigenvalue weighted by Crippen LogP contribution is 2.19. The van der Waals surface area contributed by atoms with Crippen LogP contribution in [-0.2, 0) is 4.79 Å². The van der Waals surface area contributed by atoms with Crippen molar-refractivity contribution in [3.8, 4) is 11.4 Å². The smallest absolute Gasteiger partial charge is 0.250 e. The molecule has 0 aliphatic heterocycles. The van der Waals surface area contributed by atoms with E-state index >= 15 is 0 Å². The molecule has 0 unspecified atom stereocenters. The molecule has 2 aromatic heterocycles. The van der Waals surface area contributed by atoms with Crippen LogP contribution >= 0.6 is 0 Å². The first-order chi connectivity index (χ1) is 11.5. The summed E-state index contributed by atoms with van der Waals surface area (Å²) in [6, 6.07) is 9.65. The van der Waals surface area contributed by atoms with Gasteiger partial charge in [-0.15, -0.1) is 5.10 Å². The maximum absolute atomic E-state index is 11.7. The van der Waals surface area contributed by atoms with E-state index in [0.717, 1.165) is 16.7 Å². The Morgan fingerprint density at radius 3 is 2.58 bits per heavy atom. The van der Waals surface area contributed by atoms with Crippen molar-refractivity contribution in [3.05, 3.63) is 65.7 Å². The van der Waals surface area contributed by atoms with E-state index in [0.29, 0.717) is 17.0 Å². The second kappa shape index (κ2) is 6.45. The summed E-state index contributed by atoms with van der Waals surface area (Å²) in [5.74, 6) is 0.0412. The van der Waals surface area contributed by atoms with E-state index in [1.807, 2.05) is 26.0 Å². The van der Waals surface area contributed by atoms with E-state index in [2.05, 4.69) is 21.1 Å². The Morgan fingerprint density at radius 2 is 1.96 bits per heavy atom. The molecular weight excluding hydrogens is 302 g/mol. The number of hydrogen-bond donors (Lipinski definition) is 1. The predicted octanol–water partition coefficient (Wildman–Crippen LogP) is 2.44. The van der Waals surface area contributed by atoms with E-state index in [-0.39, 0.29) is 0 Å². The minimum atomic E-state index is -0.550. The van der Waals surface area contributed by atoms with E-state index in [1.54, 1.807) is 37.1 Å². The van der Waals surface area contributed by atoms with Crippen LogP contribution in [0.2, 0.25) is 0 Å². The first-order valence-corrected chi connectivity index (χ1v) is 7.45. The Morgan fingerprint density at radius 1 is 1.21 bits per heavy atom. The van der Waals surface area contributed by atoms with Crippen LogP contribution in [0.25, 0.3) is 23.2 Å². The van der Waals surface area contributed by atoms with E-state index in [9.17, 15) is 4.79 Å². The number of carbonyl (C=O) groups excluding carboxylic acids is 1. The molecule has 0 fully saturated rings. The van der Waals surface area contributed by atoms with Crippen molar-refractivity contribution in [2.75, 3.05) is 0 Å². The first kappa shape index (κ1) is 15.6. The summed E-state index contributed by atoms with van der Waals surface area (Å²) in [7, 11) is 0. The second-order valence-corrected chi connectivity index (χ2v) is 5.57. The fourth-order valence-electron chi connectivity index (χ4n) is 2.51. The molecule has 0 spiro atoms. The molecule has 1 aromatic carbocycles. The molecule has 2 heterocycles. The van der Waals surface area contributed by atoms with Crippen molar-refractivity contribution < 1.29 is 4.79 Å². The summed E-state index contributed by atoms with van der Waals surface area (Å²) in [5, 5.41) is 4.41. The van der Waals surface area contributed by atoms with Gasteiger partial charge in [0.25, 0.3) is 5.91 Å². The zero-order valence-corrected chi connectivity index (χ0v) is 13.5. The lowest BCUT2D eigenvalue weighted by Gasteiger charge is -2.03. The van der Waals surface area contributed by atoms with Gasteiger partial charge in [0.2, 0.25) is 0 Å². The first-order valence-electron chi connectivity index (χ1n) is 7.45. The largest absolute Gasteiger partial charge is 0.366 e. The van der Waals surface area contributed by atoms with Crippen molar-refractivity contribution >= 4 is 17.7 Å². The monoisotopic (exact) mass is 319 g/mol. The molecule has 2 N–H and O–H groups in total. The Hall–Kier alpha value is -3.28. The van der Waals surface area contributed by atoms with E-state index in [4.69, 9.17) is 5.73 Å². The van der Waals surface area contributed by atoms with Gasteiger partial charge >= 0.3 is 0 Å². The van der Waals surface area contributed by atoms with Crippen LogP contribution < -0.4 is 5.73 Å². The molecular formula is C18H17N5O. The number of nitrogens with zero attached hydrogens (tertiary/aromatic N) is 4. The lowest BCUT2D eigenvalue weighted by Crippen LogP contribution is -2.13. The lowest BCUT2D eigenvalue weighted by atomic mass is 10.1. The number of primary amides is 1. The number of nitrogens with two attached hydrogens (primary N) is 1. The Labute approximate surface area is 139 Å². The van der Waals surface area contributed by atoms with Crippen LogP contribution in [0.5, 0.6) is 0 Å². The number of carbonyl (C=O) groups is 1. The average molecular weight is 319 g/mol. The Balaban J connectivity index is 1.99. The van der Waals surface area contributed by atoms with Gasteiger partial charge in [0.1, 0.15) is 6.33 Å². The maximum Gasteiger partial charge on any atom is 0.250 e. The third kappa shape index (κ3) is 3.38. The fourth-order valence-corrected chi connectivity index (χ4v) is 2.51. The van der Waals surface area contributed by atoms with Gasteiger partial charge in [-0.25, -0.2) is 9.67 Å². The number of benzene rings is 1. The molecule has 0 atom stereocenters. The molecule has 6 heteroatoms. The van der Waals surface area contributed by atoms with Crippen LogP contribution in [0.1, 0.15) is 16.7 Å². The molecule has 3 rings (SSSR count). The SMILES string of the molecule is Cc1cc(C)cc(-c2ncn(/C=C(\C(N)=O)c3cccnc3)n2)c1. The highest BCUT2D eigenvalue weighted by atomic mass is 16.1. The highest BCUT2D eigenvalue weighted by molar-refractivity contribution is 6.22. The van der Waals surface area contributed by atoms with Crippen molar-refractivity contribution in [2.45, 2.75) is 13.8 Å². The summed E-state index contributed by atoms with van der Waals surface area (Å²) >= 11 is 0. The van der Waals surface area contributed by atoms with Crippen molar-refractivity contribution in [1.82, 2.24) is 19.7 Å². The number of amides is 1. The third-order valence-electron chi connectivity index (χ3n) is 3.49. The van der Waals surface area contributed by atoms with Gasteiger partial charge in [0, 0.05) is 29.7 Å². The van der Waals surface area contributed by atoms with Crippen molar-refractivity contribution in [3.63, 3.8) is 0 Å². The van der Waals surface area contributed by atoms with Gasteiger partial charge in [0.15, 0.2) is 5.82 Å². The van der Waals surface area contributed by atoms with E-state index in [1.165, 1.54) is 4.68 Å². The van der Waals surface area contributed by atoms with Gasteiger partial charge in [-0.1, -0.05) is 23.3 Å². The van der Waals surface area contributed by atoms with Gasteiger partial charge in [0.05, 0.1) is 5.57 Å². The van der Waals surface area contributed by atoms with Gasteiger partial charge in [-0.2, -0.15) is 0 Å². The molecule has 0 aliphatic rings. The van der Waals surface area contributed by atoms with Crippen LogP contribution in [0.4, 0.5) is 0 Å². The molecule has 6 nitrogen and oxygen atoms in total. The molecule has 1 amide bonds. The normalized spacial score (nSPS) is 11.5. The van der Waals surface area contributed by atoms with Crippen LogP contribution in [0.3, 0.4) is 0 Å². The lowest BCUT2D eigenvalue weighted by molar-refractivity contribution is -0.112. The quantitative estimate of drug-likeness (QED) is 0.748. The fraction of sp³-hybridized carbons (Fsp3) is 0.111. The predicted molar refractivity (Wildman–Crippen MR) is 92.5 cm³/mol. The second-order valence-electron chi connectivity index (χ2n) is 5.57. The average Bonchev–Trinajstić information content (AvgIpc) is 3.01. The minimum absolute atomic E-state index is 0.319. The highest BCUT2D eigenvalue weighted by Gasteiger charge is 2.10. The number of aryl methyl sites for hydroxylation is 2. The van der Waals surface area contributed by atoms with Crippen molar-refractivity contribution in [1.29, 1.82) is 0 Å². The molecule has 0 bridgehead atoms. The van der Waals surface area contributed by atoms with Crippen LogP contribution in [0.15, 0.2) is 49.1 Å². The Kier molecular flexibility index (Phi) is 4.20. The standard InChI is InChI=1S/C18H17N5O/c1-12-6-13(2)8-15(7-12)18-21-11-23(22-18)10-16(17(19)24)14-4-3-5-20-9-14/h3-11H,1-2H3,(H2,19,24)/b16-10-. The number of pyridine rings is 1. The zero-order valence-electron chi connectivity index (χ0n) is 13.5. The molecule has 0 radical (unpaired) electrons. The summed E-state index contributed by atoms with van der Waals surface area (Å²) in [4.78, 5) is 20.1. The third-order valence-corrected chi connectivity index (χ3v) is 3.49. The summed E-state index contributed by atoms with van der Waals surface area (Å²) < 4.78 is 1.49. The van der Waals surface area contributed by atoms with Gasteiger partial charge < -0.3 is 5.73 Å². The molecule has 0 saturated heterocycles. The van der Waals surface area contributed by atoms with Crippen molar-refractivity contribution in [2.24, 2.45) is 5.73 Å². The maximum atomic E-state index is 11.7. The summed E-state index contributed by atoms with van der Waals surface area (Å²) in [6.07, 6.45) is 6.32. The molecule has 120 valence electrons. The van der Waals surface area contributed by atoms with Crippen LogP contribution in [-0.4, -0.2) is 25.7 Å². The number of hydrogen-bond acceptors (Lipinski definition) is 4. The molecule has 0 saturated carbocycles. The zero-order chi connectivity index (χ0) is 17.1. The van der Waals surface area contributed by atoms with Crippen LogP contribution in [0, 0.1) is 13.8 Å². The number of aromatic nitrogens is 4. The molecule has 24 heavy (non-hydrogen) atoms. The minimum Gasteiger partial charge on any atom is -0.366 e. The van der Waals surface area contributed by atoms with Gasteiger partial charge in [-0.05, 0) is 32.0 Å². The summed E-state index contributed by atoms with van der Waals surface area (Å²) in [5.41, 5.74) is 9.65. The van der Waals surface area contributed by atoms with E-state index < -0.39 is 5.91 Å². The Bertz CT molecular complexity index is 892.